The fourth-order valence-corrected chi connectivity index (χ4v) is 2.86. The zero-order valence-corrected chi connectivity index (χ0v) is 15.5. The average molecular weight is 384 g/mol. The maximum atomic E-state index is 11.5. The number of anilines is 2. The zero-order chi connectivity index (χ0) is 19.6. The number of amides is 1. The molecule has 0 fully saturated rings. The Hall–Kier alpha value is -3.32. The van der Waals surface area contributed by atoms with Crippen LogP contribution in [0.1, 0.15) is 21.5 Å². The standard InChI is InChI=1S/C19H18ClN5O2/c1-11-10-25(13-6-7-14(18(22)26)16(8-13)27-2)24-19(11)23-15-5-3-4-12(9-21)17(15)20/h3-10,21H,1-2H3,(H2,22,26)(H,23,24). The first-order chi connectivity index (χ1) is 12.9. The van der Waals surface area contributed by atoms with E-state index in [1.54, 1.807) is 28.9 Å². The summed E-state index contributed by atoms with van der Waals surface area (Å²) < 4.78 is 6.91. The lowest BCUT2D eigenvalue weighted by atomic mass is 10.1. The minimum atomic E-state index is -0.557. The van der Waals surface area contributed by atoms with Gasteiger partial charge in [-0.2, -0.15) is 0 Å². The molecule has 0 atom stereocenters. The number of aromatic nitrogens is 2. The smallest absolute Gasteiger partial charge is 0.252 e. The van der Waals surface area contributed by atoms with Crippen LogP contribution < -0.4 is 15.8 Å². The molecular weight excluding hydrogens is 366 g/mol. The van der Waals surface area contributed by atoms with Crippen LogP contribution in [-0.2, 0) is 0 Å². The molecular formula is C19H18ClN5O2. The van der Waals surface area contributed by atoms with Crippen molar-refractivity contribution in [1.29, 1.82) is 5.41 Å². The van der Waals surface area contributed by atoms with Gasteiger partial charge in [-0.3, -0.25) is 4.79 Å². The van der Waals surface area contributed by atoms with E-state index >= 15 is 0 Å². The van der Waals surface area contributed by atoms with Crippen molar-refractivity contribution >= 4 is 35.2 Å². The molecule has 0 bridgehead atoms. The van der Waals surface area contributed by atoms with Crippen LogP contribution >= 0.6 is 11.6 Å². The number of carbonyl (C=O) groups excluding carboxylic acids is 1. The molecule has 27 heavy (non-hydrogen) atoms. The number of ether oxygens (including phenoxy) is 1. The molecule has 7 nitrogen and oxygen atoms in total. The second kappa shape index (κ2) is 7.51. The highest BCUT2D eigenvalue weighted by atomic mass is 35.5. The topological polar surface area (TPSA) is 106 Å². The van der Waals surface area contributed by atoms with E-state index in [0.29, 0.717) is 39.1 Å². The first kappa shape index (κ1) is 18.5. The molecule has 0 aliphatic rings. The van der Waals surface area contributed by atoms with Crippen molar-refractivity contribution in [1.82, 2.24) is 9.78 Å². The molecule has 2 aromatic carbocycles. The van der Waals surface area contributed by atoms with Gasteiger partial charge in [-0.05, 0) is 25.1 Å². The van der Waals surface area contributed by atoms with Crippen molar-refractivity contribution in [3.05, 3.63) is 64.3 Å². The van der Waals surface area contributed by atoms with Crippen molar-refractivity contribution in [2.45, 2.75) is 6.92 Å². The number of rotatable bonds is 6. The molecule has 0 spiro atoms. The third kappa shape index (κ3) is 3.63. The highest BCUT2D eigenvalue weighted by Gasteiger charge is 2.13. The van der Waals surface area contributed by atoms with Crippen LogP contribution in [0.2, 0.25) is 5.02 Å². The molecule has 0 unspecified atom stereocenters. The van der Waals surface area contributed by atoms with Crippen molar-refractivity contribution < 1.29 is 9.53 Å². The van der Waals surface area contributed by atoms with Gasteiger partial charge in [0.2, 0.25) is 0 Å². The van der Waals surface area contributed by atoms with Gasteiger partial charge in [-0.1, -0.05) is 23.7 Å². The molecule has 1 amide bonds. The highest BCUT2D eigenvalue weighted by molar-refractivity contribution is 6.35. The molecule has 0 aliphatic heterocycles. The minimum Gasteiger partial charge on any atom is -0.496 e. The Balaban J connectivity index is 1.96. The van der Waals surface area contributed by atoms with Crippen LogP contribution in [0, 0.1) is 12.3 Å². The molecule has 0 aliphatic carbocycles. The monoisotopic (exact) mass is 383 g/mol. The Labute approximate surface area is 161 Å². The lowest BCUT2D eigenvalue weighted by molar-refractivity contribution is 0.0997. The van der Waals surface area contributed by atoms with Crippen LogP contribution in [0.3, 0.4) is 0 Å². The number of carbonyl (C=O) groups is 1. The summed E-state index contributed by atoms with van der Waals surface area (Å²) in [5, 5.41) is 15.6. The van der Waals surface area contributed by atoms with Gasteiger partial charge in [0.25, 0.3) is 5.91 Å². The summed E-state index contributed by atoms with van der Waals surface area (Å²) >= 11 is 6.31. The van der Waals surface area contributed by atoms with E-state index in [9.17, 15) is 4.79 Å². The number of primary amides is 1. The molecule has 3 rings (SSSR count). The van der Waals surface area contributed by atoms with Gasteiger partial charge >= 0.3 is 0 Å². The van der Waals surface area contributed by atoms with E-state index < -0.39 is 5.91 Å². The molecule has 0 saturated carbocycles. The summed E-state index contributed by atoms with van der Waals surface area (Å²) in [6, 6.07) is 10.4. The van der Waals surface area contributed by atoms with Gasteiger partial charge < -0.3 is 21.2 Å². The van der Waals surface area contributed by atoms with E-state index in [1.165, 1.54) is 13.3 Å². The lowest BCUT2D eigenvalue weighted by Gasteiger charge is -2.09. The van der Waals surface area contributed by atoms with Gasteiger partial charge in [0.1, 0.15) is 5.75 Å². The largest absolute Gasteiger partial charge is 0.496 e. The van der Waals surface area contributed by atoms with Gasteiger partial charge in [0, 0.05) is 29.6 Å². The molecule has 1 aromatic heterocycles. The second-order valence-electron chi connectivity index (χ2n) is 5.83. The van der Waals surface area contributed by atoms with Crippen molar-refractivity contribution in [2.75, 3.05) is 12.4 Å². The summed E-state index contributed by atoms with van der Waals surface area (Å²) in [7, 11) is 1.48. The number of benzene rings is 2. The van der Waals surface area contributed by atoms with Crippen LogP contribution in [0.15, 0.2) is 42.6 Å². The minimum absolute atomic E-state index is 0.304. The predicted octanol–water partition coefficient (Wildman–Crippen LogP) is 3.68. The van der Waals surface area contributed by atoms with E-state index in [0.717, 1.165) is 5.56 Å². The molecule has 8 heteroatoms. The Kier molecular flexibility index (Phi) is 5.14. The fraction of sp³-hybridized carbons (Fsp3) is 0.105. The molecule has 3 aromatic rings. The van der Waals surface area contributed by atoms with E-state index in [4.69, 9.17) is 27.5 Å². The third-order valence-corrected chi connectivity index (χ3v) is 4.47. The molecule has 4 N–H and O–H groups in total. The number of hydrogen-bond donors (Lipinski definition) is 3. The van der Waals surface area contributed by atoms with Crippen LogP contribution in [0.5, 0.6) is 5.75 Å². The molecule has 0 saturated heterocycles. The summed E-state index contributed by atoms with van der Waals surface area (Å²) in [5.74, 6) is 0.444. The van der Waals surface area contributed by atoms with Crippen molar-refractivity contribution in [3.8, 4) is 11.4 Å². The number of aryl methyl sites for hydroxylation is 1. The van der Waals surface area contributed by atoms with E-state index in [2.05, 4.69) is 10.4 Å². The first-order valence-corrected chi connectivity index (χ1v) is 8.43. The maximum Gasteiger partial charge on any atom is 0.252 e. The molecule has 0 radical (unpaired) electrons. The van der Waals surface area contributed by atoms with Gasteiger partial charge in [0.05, 0.1) is 29.1 Å². The average Bonchev–Trinajstić information content (AvgIpc) is 3.03. The lowest BCUT2D eigenvalue weighted by Crippen LogP contribution is -2.12. The van der Waals surface area contributed by atoms with Crippen LogP contribution in [0.25, 0.3) is 5.69 Å². The normalized spacial score (nSPS) is 10.5. The second-order valence-corrected chi connectivity index (χ2v) is 6.21. The highest BCUT2D eigenvalue weighted by Crippen LogP contribution is 2.29. The quantitative estimate of drug-likeness (QED) is 0.564. The zero-order valence-electron chi connectivity index (χ0n) is 14.8. The third-order valence-electron chi connectivity index (χ3n) is 4.05. The molecule has 138 valence electrons. The number of hydrogen-bond acceptors (Lipinski definition) is 5. The maximum absolute atomic E-state index is 11.5. The summed E-state index contributed by atoms with van der Waals surface area (Å²) in [5.41, 5.74) is 8.54. The number of halogens is 1. The predicted molar refractivity (Wildman–Crippen MR) is 106 cm³/mol. The van der Waals surface area contributed by atoms with Gasteiger partial charge in [-0.25, -0.2) is 4.68 Å². The van der Waals surface area contributed by atoms with Gasteiger partial charge in [0.15, 0.2) is 5.82 Å². The Morgan fingerprint density at radius 3 is 2.81 bits per heavy atom. The van der Waals surface area contributed by atoms with E-state index in [-0.39, 0.29) is 0 Å². The number of nitrogens with two attached hydrogens (primary N) is 1. The number of methoxy groups -OCH3 is 1. The van der Waals surface area contributed by atoms with Crippen LogP contribution in [-0.4, -0.2) is 29.0 Å². The number of nitrogens with one attached hydrogen (secondary N) is 2. The summed E-state index contributed by atoms with van der Waals surface area (Å²) in [4.78, 5) is 11.5. The van der Waals surface area contributed by atoms with Crippen molar-refractivity contribution in [2.24, 2.45) is 5.73 Å². The number of nitrogens with zero attached hydrogens (tertiary/aromatic N) is 2. The summed E-state index contributed by atoms with van der Waals surface area (Å²) in [6.07, 6.45) is 3.04. The molecule has 1 heterocycles. The Morgan fingerprint density at radius 1 is 1.37 bits per heavy atom. The summed E-state index contributed by atoms with van der Waals surface area (Å²) in [6.45, 7) is 1.91. The first-order valence-electron chi connectivity index (χ1n) is 8.05. The van der Waals surface area contributed by atoms with E-state index in [1.807, 2.05) is 25.3 Å². The van der Waals surface area contributed by atoms with Gasteiger partial charge in [-0.15, -0.1) is 5.10 Å². The SMILES string of the molecule is COc1cc(-n2cc(C)c(Nc3cccc(C=N)c3Cl)n2)ccc1C(N)=O. The Morgan fingerprint density at radius 2 is 2.15 bits per heavy atom. The van der Waals surface area contributed by atoms with Crippen LogP contribution in [0.4, 0.5) is 11.5 Å². The fourth-order valence-electron chi connectivity index (χ4n) is 2.63. The Bertz CT molecular complexity index is 1030. The van der Waals surface area contributed by atoms with Crippen molar-refractivity contribution in [3.63, 3.8) is 0 Å².